The summed E-state index contributed by atoms with van der Waals surface area (Å²) in [6.07, 6.45) is 3.41. The molecule has 0 aromatic heterocycles. The highest BCUT2D eigenvalue weighted by Crippen LogP contribution is 2.48. The Morgan fingerprint density at radius 1 is 1.17 bits per heavy atom. The highest BCUT2D eigenvalue weighted by atomic mass is 35.5. The lowest BCUT2D eigenvalue weighted by Crippen LogP contribution is -2.49. The Labute approximate surface area is 140 Å². The lowest BCUT2D eigenvalue weighted by molar-refractivity contribution is -0.146. The average molecular weight is 344 g/mol. The van der Waals surface area contributed by atoms with Crippen molar-refractivity contribution in [1.82, 2.24) is 15.5 Å². The molecule has 128 valence electrons. The summed E-state index contributed by atoms with van der Waals surface area (Å²) in [5.41, 5.74) is 0. The van der Waals surface area contributed by atoms with Gasteiger partial charge in [0.15, 0.2) is 0 Å². The predicted octanol–water partition coefficient (Wildman–Crippen LogP) is -0.561. The molecule has 7 nitrogen and oxygen atoms in total. The molecule has 3 amide bonds. The number of nitrogens with zero attached hydrogens (tertiary/aromatic N) is 1. The normalized spacial score (nSPS) is 38.4. The van der Waals surface area contributed by atoms with Crippen LogP contribution in [0.25, 0.3) is 0 Å². The number of nitrogens with one attached hydrogen (secondary N) is 2. The van der Waals surface area contributed by atoms with Crippen molar-refractivity contribution < 1.29 is 19.1 Å². The first-order chi connectivity index (χ1) is 10.6. The van der Waals surface area contributed by atoms with Crippen LogP contribution in [-0.2, 0) is 19.1 Å². The van der Waals surface area contributed by atoms with Gasteiger partial charge in [0.2, 0.25) is 17.7 Å². The summed E-state index contributed by atoms with van der Waals surface area (Å²) >= 11 is 0. The molecule has 0 saturated carbocycles. The number of carbonyl (C=O) groups is 3. The minimum atomic E-state index is -0.351. The molecule has 4 saturated heterocycles. The number of hydrogen-bond donors (Lipinski definition) is 2. The van der Waals surface area contributed by atoms with Gasteiger partial charge in [-0.05, 0) is 32.2 Å². The van der Waals surface area contributed by atoms with Crippen molar-refractivity contribution in [2.24, 2.45) is 11.8 Å². The van der Waals surface area contributed by atoms with Gasteiger partial charge >= 0.3 is 0 Å². The van der Waals surface area contributed by atoms with Gasteiger partial charge in [0, 0.05) is 12.6 Å². The maximum atomic E-state index is 12.4. The van der Waals surface area contributed by atoms with E-state index in [1.807, 2.05) is 0 Å². The third-order valence-electron chi connectivity index (χ3n) is 5.34. The van der Waals surface area contributed by atoms with Crippen LogP contribution in [0.2, 0.25) is 0 Å². The van der Waals surface area contributed by atoms with Gasteiger partial charge in [0.05, 0.1) is 24.0 Å². The molecule has 0 aromatic rings. The highest BCUT2D eigenvalue weighted by molar-refractivity contribution is 6.08. The Bertz CT molecular complexity index is 495. The molecule has 0 aliphatic carbocycles. The summed E-state index contributed by atoms with van der Waals surface area (Å²) < 4.78 is 5.68. The largest absolute Gasteiger partial charge is 0.373 e. The fourth-order valence-electron chi connectivity index (χ4n) is 4.32. The maximum absolute atomic E-state index is 12.4. The molecule has 0 radical (unpaired) electrons. The van der Waals surface area contributed by atoms with Crippen molar-refractivity contribution in [2.75, 3.05) is 19.6 Å². The Hall–Kier alpha value is -1.18. The molecule has 4 rings (SSSR count). The van der Waals surface area contributed by atoms with E-state index in [-0.39, 0.29) is 66.8 Å². The van der Waals surface area contributed by atoms with Crippen LogP contribution < -0.4 is 10.6 Å². The standard InChI is InChI=1S/C15H21N3O4.ClH/c19-11(17-8-2-1-5-16-6-8)7-18-14(20)12-9-3-4-10(22-9)13(12)15(18)21;/h8-10,12-13,16H,1-7H2,(H,17,19);1H. The van der Waals surface area contributed by atoms with Crippen LogP contribution in [0.15, 0.2) is 0 Å². The number of amides is 3. The van der Waals surface area contributed by atoms with E-state index in [0.29, 0.717) is 0 Å². The van der Waals surface area contributed by atoms with Crippen molar-refractivity contribution in [1.29, 1.82) is 0 Å². The van der Waals surface area contributed by atoms with E-state index in [4.69, 9.17) is 4.74 Å². The van der Waals surface area contributed by atoms with Crippen molar-refractivity contribution in [3.05, 3.63) is 0 Å². The summed E-state index contributed by atoms with van der Waals surface area (Å²) in [4.78, 5) is 38.2. The number of halogens is 1. The predicted molar refractivity (Wildman–Crippen MR) is 82.9 cm³/mol. The smallest absolute Gasteiger partial charge is 0.240 e. The summed E-state index contributed by atoms with van der Waals surface area (Å²) in [6, 6.07) is 0.0908. The lowest BCUT2D eigenvalue weighted by atomic mass is 9.81. The first kappa shape index (κ1) is 16.7. The topological polar surface area (TPSA) is 87.7 Å². The van der Waals surface area contributed by atoms with Gasteiger partial charge in [-0.1, -0.05) is 0 Å². The van der Waals surface area contributed by atoms with E-state index in [2.05, 4.69) is 10.6 Å². The van der Waals surface area contributed by atoms with Gasteiger partial charge in [-0.2, -0.15) is 0 Å². The first-order valence-corrected chi connectivity index (χ1v) is 8.16. The minimum absolute atomic E-state index is 0. The van der Waals surface area contributed by atoms with E-state index in [1.165, 1.54) is 0 Å². The van der Waals surface area contributed by atoms with Crippen LogP contribution in [-0.4, -0.2) is 60.5 Å². The van der Waals surface area contributed by atoms with Gasteiger partial charge in [0.1, 0.15) is 6.54 Å². The molecule has 5 atom stereocenters. The average Bonchev–Trinajstić information content (AvgIpc) is 3.18. The zero-order chi connectivity index (χ0) is 15.3. The molecule has 2 bridgehead atoms. The molecule has 23 heavy (non-hydrogen) atoms. The number of imide groups is 1. The molecule has 2 N–H and O–H groups in total. The van der Waals surface area contributed by atoms with E-state index in [9.17, 15) is 14.4 Å². The summed E-state index contributed by atoms with van der Waals surface area (Å²) in [5, 5.41) is 6.14. The first-order valence-electron chi connectivity index (χ1n) is 8.16. The van der Waals surface area contributed by atoms with Gasteiger partial charge < -0.3 is 15.4 Å². The van der Waals surface area contributed by atoms with E-state index in [1.54, 1.807) is 0 Å². The Morgan fingerprint density at radius 2 is 1.83 bits per heavy atom. The zero-order valence-corrected chi connectivity index (χ0v) is 13.6. The number of rotatable bonds is 3. The summed E-state index contributed by atoms with van der Waals surface area (Å²) in [7, 11) is 0. The van der Waals surface area contributed by atoms with Crippen molar-refractivity contribution in [3.8, 4) is 0 Å². The van der Waals surface area contributed by atoms with Gasteiger partial charge in [0.25, 0.3) is 0 Å². The van der Waals surface area contributed by atoms with E-state index < -0.39 is 0 Å². The van der Waals surface area contributed by atoms with Gasteiger partial charge in [-0.25, -0.2) is 0 Å². The number of likely N-dealkylation sites (tertiary alicyclic amines) is 1. The summed E-state index contributed by atoms with van der Waals surface area (Å²) in [6.45, 7) is 1.57. The Morgan fingerprint density at radius 3 is 2.39 bits per heavy atom. The van der Waals surface area contributed by atoms with Crippen LogP contribution in [0.3, 0.4) is 0 Å². The maximum Gasteiger partial charge on any atom is 0.240 e. The number of piperidine rings is 1. The van der Waals surface area contributed by atoms with Crippen LogP contribution in [0.4, 0.5) is 0 Å². The number of carbonyl (C=O) groups excluding carboxylic acids is 3. The molecule has 4 fully saturated rings. The monoisotopic (exact) mass is 343 g/mol. The van der Waals surface area contributed by atoms with Gasteiger partial charge in [-0.3, -0.25) is 19.3 Å². The lowest BCUT2D eigenvalue weighted by Gasteiger charge is -2.25. The second kappa shape index (κ2) is 6.37. The van der Waals surface area contributed by atoms with Gasteiger partial charge in [-0.15, -0.1) is 12.4 Å². The van der Waals surface area contributed by atoms with Crippen molar-refractivity contribution in [3.63, 3.8) is 0 Å². The van der Waals surface area contributed by atoms with Crippen molar-refractivity contribution in [2.45, 2.75) is 43.9 Å². The number of fused-ring (bicyclic) bond motifs is 5. The molecule has 5 unspecified atom stereocenters. The van der Waals surface area contributed by atoms with E-state index in [0.717, 1.165) is 43.7 Å². The van der Waals surface area contributed by atoms with Crippen LogP contribution in [0.1, 0.15) is 25.7 Å². The second-order valence-corrected chi connectivity index (χ2v) is 6.72. The SMILES string of the molecule is Cl.O=C(CN1C(=O)C2C3CCC(O3)C2C1=O)NC1CCCNC1. The zero-order valence-electron chi connectivity index (χ0n) is 12.8. The van der Waals surface area contributed by atoms with Crippen LogP contribution >= 0.6 is 12.4 Å². The second-order valence-electron chi connectivity index (χ2n) is 6.72. The molecule has 4 aliphatic rings. The fourth-order valence-corrected chi connectivity index (χ4v) is 4.32. The molecule has 4 aliphatic heterocycles. The third-order valence-corrected chi connectivity index (χ3v) is 5.34. The molecule has 4 heterocycles. The minimum Gasteiger partial charge on any atom is -0.373 e. The molecule has 0 aromatic carbocycles. The third kappa shape index (κ3) is 2.75. The quantitative estimate of drug-likeness (QED) is 0.671. The molecular weight excluding hydrogens is 322 g/mol. The number of hydrogen-bond acceptors (Lipinski definition) is 5. The molecule has 0 spiro atoms. The fraction of sp³-hybridized carbons (Fsp3) is 0.800. The van der Waals surface area contributed by atoms with Crippen LogP contribution in [0.5, 0.6) is 0 Å². The highest BCUT2D eigenvalue weighted by Gasteiger charge is 2.62. The molecular formula is C15H22ClN3O4. The Balaban J connectivity index is 0.00000156. The number of ether oxygens (including phenoxy) is 1. The van der Waals surface area contributed by atoms with E-state index >= 15 is 0 Å². The molecule has 8 heteroatoms. The van der Waals surface area contributed by atoms with Crippen LogP contribution in [0, 0.1) is 11.8 Å². The Kier molecular flexibility index (Phi) is 4.62. The summed E-state index contributed by atoms with van der Waals surface area (Å²) in [5.74, 6) is -1.40. The van der Waals surface area contributed by atoms with Crippen molar-refractivity contribution >= 4 is 30.1 Å².